The summed E-state index contributed by atoms with van der Waals surface area (Å²) < 4.78 is 25.1. The van der Waals surface area contributed by atoms with Gasteiger partial charge in [0.2, 0.25) is 0 Å². The number of esters is 1. The molecule has 0 N–H and O–H groups in total. The molecular formula is C19H20ClFN2O3. The highest BCUT2D eigenvalue weighted by Crippen LogP contribution is 2.39. The number of ether oxygens (including phenoxy) is 2. The Balaban J connectivity index is 2.70. The molecule has 1 heterocycles. The molecule has 0 bridgehead atoms. The predicted molar refractivity (Wildman–Crippen MR) is 97.8 cm³/mol. The molecule has 0 radical (unpaired) electrons. The van der Waals surface area contributed by atoms with Gasteiger partial charge in [-0.2, -0.15) is 0 Å². The third-order valence-corrected chi connectivity index (χ3v) is 4.19. The molecule has 1 aromatic rings. The van der Waals surface area contributed by atoms with Gasteiger partial charge in [0.15, 0.2) is 0 Å². The zero-order chi connectivity index (χ0) is 19.4. The lowest BCUT2D eigenvalue weighted by atomic mass is 9.80. The average molecular weight is 379 g/mol. The Morgan fingerprint density at radius 1 is 1.46 bits per heavy atom. The van der Waals surface area contributed by atoms with Crippen molar-refractivity contribution in [2.75, 3.05) is 13.7 Å². The van der Waals surface area contributed by atoms with Crippen molar-refractivity contribution in [1.29, 1.82) is 0 Å². The van der Waals surface area contributed by atoms with E-state index < -0.39 is 23.7 Å². The third-order valence-electron chi connectivity index (χ3n) is 3.96. The van der Waals surface area contributed by atoms with E-state index in [9.17, 15) is 9.18 Å². The Kier molecular flexibility index (Phi) is 6.52. The van der Waals surface area contributed by atoms with Gasteiger partial charge in [0.05, 0.1) is 29.7 Å². The maximum Gasteiger partial charge on any atom is 0.337 e. The van der Waals surface area contributed by atoms with Crippen molar-refractivity contribution in [2.45, 2.75) is 38.8 Å². The monoisotopic (exact) mass is 378 g/mol. The van der Waals surface area contributed by atoms with Crippen molar-refractivity contribution in [2.24, 2.45) is 4.99 Å². The van der Waals surface area contributed by atoms with Crippen molar-refractivity contribution in [3.8, 4) is 0 Å². The first-order chi connectivity index (χ1) is 12.3. The van der Waals surface area contributed by atoms with Crippen LogP contribution in [0, 0.1) is 12.4 Å². The van der Waals surface area contributed by atoms with E-state index in [1.54, 1.807) is 20.8 Å². The first-order valence-corrected chi connectivity index (χ1v) is 8.47. The molecule has 26 heavy (non-hydrogen) atoms. The van der Waals surface area contributed by atoms with Gasteiger partial charge in [-0.05, 0) is 32.9 Å². The SMILES string of the molecule is [C-]#[N+]C1C(C)=NC(COC)=C(C(=O)OC(C)C)C1c1ccc(Cl)cc1F. The second-order valence-electron chi connectivity index (χ2n) is 6.22. The van der Waals surface area contributed by atoms with E-state index in [0.717, 1.165) is 0 Å². The van der Waals surface area contributed by atoms with Crippen LogP contribution in [0.15, 0.2) is 34.5 Å². The Bertz CT molecular complexity index is 811. The number of hydrogen-bond donors (Lipinski definition) is 0. The van der Waals surface area contributed by atoms with Gasteiger partial charge < -0.3 is 14.3 Å². The number of nitrogens with zero attached hydrogens (tertiary/aromatic N) is 2. The highest BCUT2D eigenvalue weighted by atomic mass is 35.5. The number of halogens is 2. The first kappa shape index (κ1) is 20.1. The van der Waals surface area contributed by atoms with E-state index in [1.807, 2.05) is 0 Å². The second kappa shape index (κ2) is 8.43. The number of benzene rings is 1. The molecule has 0 amide bonds. The van der Waals surface area contributed by atoms with Crippen LogP contribution < -0.4 is 0 Å². The number of carbonyl (C=O) groups excluding carboxylic acids is 1. The van der Waals surface area contributed by atoms with E-state index in [-0.39, 0.29) is 28.9 Å². The molecular weight excluding hydrogens is 359 g/mol. The molecule has 1 aliphatic rings. The molecule has 1 aromatic carbocycles. The Labute approximate surface area is 157 Å². The van der Waals surface area contributed by atoms with Crippen LogP contribution in [0.1, 0.15) is 32.3 Å². The Morgan fingerprint density at radius 3 is 2.69 bits per heavy atom. The molecule has 5 nitrogen and oxygen atoms in total. The summed E-state index contributed by atoms with van der Waals surface area (Å²) in [4.78, 5) is 20.7. The van der Waals surface area contributed by atoms with Gasteiger partial charge >= 0.3 is 5.97 Å². The van der Waals surface area contributed by atoms with Gasteiger partial charge in [-0.1, -0.05) is 17.7 Å². The lowest BCUT2D eigenvalue weighted by Crippen LogP contribution is -2.34. The Morgan fingerprint density at radius 2 is 2.15 bits per heavy atom. The van der Waals surface area contributed by atoms with Crippen LogP contribution in [0.3, 0.4) is 0 Å². The summed E-state index contributed by atoms with van der Waals surface area (Å²) in [6, 6.07) is 3.37. The van der Waals surface area contributed by atoms with Gasteiger partial charge in [0.25, 0.3) is 6.04 Å². The van der Waals surface area contributed by atoms with Crippen LogP contribution in [0.4, 0.5) is 4.39 Å². The molecule has 1 aliphatic heterocycles. The van der Waals surface area contributed by atoms with Crippen LogP contribution in [-0.4, -0.2) is 37.5 Å². The van der Waals surface area contributed by atoms with E-state index in [4.69, 9.17) is 27.6 Å². The normalized spacial score (nSPS) is 20.0. The third kappa shape index (κ3) is 4.12. The van der Waals surface area contributed by atoms with Crippen molar-refractivity contribution in [3.63, 3.8) is 0 Å². The van der Waals surface area contributed by atoms with Gasteiger partial charge in [0.1, 0.15) is 11.7 Å². The zero-order valence-corrected chi connectivity index (χ0v) is 15.8. The number of carbonyl (C=O) groups is 1. The molecule has 0 saturated carbocycles. The topological polar surface area (TPSA) is 52.2 Å². The zero-order valence-electron chi connectivity index (χ0n) is 15.0. The average Bonchev–Trinajstić information content (AvgIpc) is 2.54. The lowest BCUT2D eigenvalue weighted by Gasteiger charge is -2.27. The summed E-state index contributed by atoms with van der Waals surface area (Å²) >= 11 is 5.85. The minimum absolute atomic E-state index is 0.0519. The van der Waals surface area contributed by atoms with Crippen LogP contribution in [0.2, 0.25) is 5.02 Å². The summed E-state index contributed by atoms with van der Waals surface area (Å²) in [5.74, 6) is -2.06. The van der Waals surface area contributed by atoms with Crippen molar-refractivity contribution in [3.05, 3.63) is 57.3 Å². The highest BCUT2D eigenvalue weighted by Gasteiger charge is 2.44. The number of methoxy groups -OCH3 is 1. The van der Waals surface area contributed by atoms with Gasteiger partial charge in [-0.3, -0.25) is 4.99 Å². The van der Waals surface area contributed by atoms with E-state index in [2.05, 4.69) is 9.84 Å². The lowest BCUT2D eigenvalue weighted by molar-refractivity contribution is -0.143. The largest absolute Gasteiger partial charge is 0.460 e. The molecule has 2 rings (SSSR count). The van der Waals surface area contributed by atoms with Crippen LogP contribution >= 0.6 is 11.6 Å². The van der Waals surface area contributed by atoms with Gasteiger partial charge in [0, 0.05) is 17.7 Å². The number of hydrogen-bond acceptors (Lipinski definition) is 4. The minimum atomic E-state index is -0.848. The van der Waals surface area contributed by atoms with Crippen LogP contribution in [-0.2, 0) is 14.3 Å². The molecule has 2 unspecified atom stereocenters. The summed E-state index contributed by atoms with van der Waals surface area (Å²) in [6.07, 6.45) is -0.368. The van der Waals surface area contributed by atoms with Gasteiger partial charge in [-0.15, -0.1) is 0 Å². The predicted octanol–water partition coefficient (Wildman–Crippen LogP) is 4.18. The molecule has 0 aromatic heterocycles. The van der Waals surface area contributed by atoms with Crippen molar-refractivity contribution < 1.29 is 18.7 Å². The summed E-state index contributed by atoms with van der Waals surface area (Å²) in [5.41, 5.74) is 1.18. The van der Waals surface area contributed by atoms with Crippen molar-refractivity contribution in [1.82, 2.24) is 0 Å². The van der Waals surface area contributed by atoms with Crippen LogP contribution in [0.5, 0.6) is 0 Å². The smallest absolute Gasteiger partial charge is 0.337 e. The van der Waals surface area contributed by atoms with Gasteiger partial charge in [-0.25, -0.2) is 15.8 Å². The maximum absolute atomic E-state index is 14.7. The molecule has 0 fully saturated rings. The fourth-order valence-corrected chi connectivity index (χ4v) is 3.09. The molecule has 0 saturated heterocycles. The quantitative estimate of drug-likeness (QED) is 0.570. The highest BCUT2D eigenvalue weighted by molar-refractivity contribution is 6.30. The minimum Gasteiger partial charge on any atom is -0.460 e. The fraction of sp³-hybridized carbons (Fsp3) is 0.421. The van der Waals surface area contributed by atoms with E-state index in [1.165, 1.54) is 25.3 Å². The van der Waals surface area contributed by atoms with E-state index >= 15 is 0 Å². The van der Waals surface area contributed by atoms with Crippen LogP contribution in [0.25, 0.3) is 4.85 Å². The number of rotatable bonds is 5. The summed E-state index contributed by atoms with van der Waals surface area (Å²) in [6.45, 7) is 12.7. The maximum atomic E-state index is 14.7. The fourth-order valence-electron chi connectivity index (χ4n) is 2.93. The molecule has 138 valence electrons. The second-order valence-corrected chi connectivity index (χ2v) is 6.65. The molecule has 0 aliphatic carbocycles. The molecule has 2 atom stereocenters. The van der Waals surface area contributed by atoms with Crippen molar-refractivity contribution >= 4 is 23.3 Å². The first-order valence-electron chi connectivity index (χ1n) is 8.09. The standard InChI is InChI=1S/C19H20ClFN2O3/c1-10(2)26-19(24)17-15(9-25-5)23-11(3)18(22-4)16(17)13-7-6-12(20)8-14(13)21/h6-8,10,16,18H,9H2,1-3,5H3. The summed E-state index contributed by atoms with van der Waals surface area (Å²) in [5, 5.41) is 0.235. The number of aliphatic imine (C=N–C) groups is 1. The Hall–Kier alpha value is -2.23. The molecule has 7 heteroatoms. The molecule has 0 spiro atoms. The van der Waals surface area contributed by atoms with E-state index in [0.29, 0.717) is 11.4 Å². The summed E-state index contributed by atoms with van der Waals surface area (Å²) in [7, 11) is 1.47.